The molecule has 1 aliphatic rings. The van der Waals surface area contributed by atoms with Gasteiger partial charge in [0.15, 0.2) is 6.61 Å². The second-order valence-corrected chi connectivity index (χ2v) is 9.02. The molecule has 1 heterocycles. The van der Waals surface area contributed by atoms with Crippen LogP contribution in [0.4, 0.5) is 4.39 Å². The lowest BCUT2D eigenvalue weighted by molar-refractivity contribution is -0.0440. The Bertz CT molecular complexity index is 1040. The fourth-order valence-electron chi connectivity index (χ4n) is 3.24. The third-order valence-electron chi connectivity index (χ3n) is 4.60. The fraction of sp³-hybridized carbons (Fsp3) is 0.333. The third kappa shape index (κ3) is 4.92. The van der Waals surface area contributed by atoms with Crippen LogP contribution in [0.1, 0.15) is 34.6 Å². The Hall–Kier alpha value is -2.62. The van der Waals surface area contributed by atoms with E-state index >= 15 is 0 Å². The molecular weight excluding hydrogens is 413 g/mol. The van der Waals surface area contributed by atoms with Gasteiger partial charge in [-0.15, -0.1) is 0 Å². The molecule has 2 aromatic carbocycles. The van der Waals surface area contributed by atoms with Gasteiger partial charge in [0.05, 0.1) is 28.2 Å². The molecule has 0 radical (unpaired) electrons. The van der Waals surface area contributed by atoms with E-state index in [4.69, 9.17) is 9.47 Å². The quantitative estimate of drug-likeness (QED) is 0.512. The summed E-state index contributed by atoms with van der Waals surface area (Å²) in [5.41, 5.74) is -0.205. The first-order valence-electron chi connectivity index (χ1n) is 9.39. The van der Waals surface area contributed by atoms with Crippen LogP contribution in [0, 0.1) is 5.82 Å². The van der Waals surface area contributed by atoms with Crippen molar-refractivity contribution in [1.82, 2.24) is 4.31 Å². The number of carbonyl (C=O) groups excluding carboxylic acids is 2. The number of halogens is 1. The van der Waals surface area contributed by atoms with Gasteiger partial charge in [-0.05, 0) is 44.2 Å². The van der Waals surface area contributed by atoms with Crippen molar-refractivity contribution < 1.29 is 31.9 Å². The number of ketones is 1. The Morgan fingerprint density at radius 2 is 1.77 bits per heavy atom. The van der Waals surface area contributed by atoms with Crippen LogP contribution in [0.5, 0.6) is 0 Å². The normalized spacial score (nSPS) is 20.0. The van der Waals surface area contributed by atoms with Gasteiger partial charge in [-0.1, -0.05) is 18.2 Å². The van der Waals surface area contributed by atoms with Crippen molar-refractivity contribution in [2.45, 2.75) is 31.0 Å². The van der Waals surface area contributed by atoms with Gasteiger partial charge in [-0.3, -0.25) is 4.79 Å². The van der Waals surface area contributed by atoms with E-state index in [2.05, 4.69) is 0 Å². The Balaban J connectivity index is 1.72. The topological polar surface area (TPSA) is 90.0 Å². The van der Waals surface area contributed by atoms with E-state index < -0.39 is 34.2 Å². The summed E-state index contributed by atoms with van der Waals surface area (Å²) in [6.45, 7) is 3.34. The maximum atomic E-state index is 13.7. The minimum Gasteiger partial charge on any atom is -0.454 e. The van der Waals surface area contributed by atoms with Gasteiger partial charge >= 0.3 is 5.97 Å². The van der Waals surface area contributed by atoms with Crippen LogP contribution in [0.15, 0.2) is 53.4 Å². The maximum absolute atomic E-state index is 13.7. The van der Waals surface area contributed by atoms with Gasteiger partial charge in [-0.25, -0.2) is 17.6 Å². The average molecular weight is 435 g/mol. The highest BCUT2D eigenvalue weighted by atomic mass is 32.2. The highest BCUT2D eigenvalue weighted by Crippen LogP contribution is 2.22. The second kappa shape index (κ2) is 9.03. The number of hydrogen-bond donors (Lipinski definition) is 0. The van der Waals surface area contributed by atoms with E-state index in [0.717, 1.165) is 6.07 Å². The number of nitrogens with zero attached hydrogens (tertiary/aromatic N) is 1. The predicted molar refractivity (Wildman–Crippen MR) is 106 cm³/mol. The van der Waals surface area contributed by atoms with E-state index in [9.17, 15) is 22.4 Å². The molecule has 160 valence electrons. The van der Waals surface area contributed by atoms with Gasteiger partial charge in [0.2, 0.25) is 15.8 Å². The maximum Gasteiger partial charge on any atom is 0.338 e. The summed E-state index contributed by atoms with van der Waals surface area (Å²) in [5, 5.41) is 0. The number of rotatable bonds is 6. The van der Waals surface area contributed by atoms with Crippen molar-refractivity contribution in [3.8, 4) is 0 Å². The standard InChI is InChI=1S/C21H22FNO6S/c1-14-11-23(12-15(2)29-14)30(26,27)17-7-5-6-16(10-17)21(25)28-13-20(24)18-8-3-4-9-19(18)22/h3-10,14-15H,11-13H2,1-2H3. The molecular formula is C21H22FNO6S. The summed E-state index contributed by atoms with van der Waals surface area (Å²) in [7, 11) is -3.83. The molecule has 0 bridgehead atoms. The van der Waals surface area contributed by atoms with Crippen LogP contribution in [0.25, 0.3) is 0 Å². The molecule has 1 aliphatic heterocycles. The highest BCUT2D eigenvalue weighted by Gasteiger charge is 2.32. The van der Waals surface area contributed by atoms with Crippen molar-refractivity contribution in [3.05, 3.63) is 65.5 Å². The van der Waals surface area contributed by atoms with Crippen molar-refractivity contribution in [3.63, 3.8) is 0 Å². The molecule has 1 fully saturated rings. The van der Waals surface area contributed by atoms with E-state index in [1.807, 2.05) is 0 Å². The summed E-state index contributed by atoms with van der Waals surface area (Å²) in [6, 6.07) is 10.8. The minimum atomic E-state index is -3.83. The Morgan fingerprint density at radius 3 is 2.43 bits per heavy atom. The van der Waals surface area contributed by atoms with Crippen LogP contribution >= 0.6 is 0 Å². The molecule has 0 aromatic heterocycles. The number of esters is 1. The predicted octanol–water partition coefficient (Wildman–Crippen LogP) is 2.66. The molecule has 0 N–H and O–H groups in total. The first-order valence-corrected chi connectivity index (χ1v) is 10.8. The summed E-state index contributed by atoms with van der Waals surface area (Å²) in [5.74, 6) is -2.28. The van der Waals surface area contributed by atoms with Crippen molar-refractivity contribution >= 4 is 21.8 Å². The molecule has 2 aromatic rings. The van der Waals surface area contributed by atoms with E-state index in [-0.39, 0.29) is 41.3 Å². The Morgan fingerprint density at radius 1 is 1.10 bits per heavy atom. The van der Waals surface area contributed by atoms with Gasteiger partial charge in [0.25, 0.3) is 0 Å². The molecule has 0 saturated carbocycles. The second-order valence-electron chi connectivity index (χ2n) is 7.09. The molecule has 0 aliphatic carbocycles. The molecule has 1 saturated heterocycles. The zero-order chi connectivity index (χ0) is 21.9. The largest absolute Gasteiger partial charge is 0.454 e. The lowest BCUT2D eigenvalue weighted by Gasteiger charge is -2.34. The third-order valence-corrected chi connectivity index (χ3v) is 6.43. The molecule has 0 spiro atoms. The first kappa shape index (κ1) is 22.1. The monoisotopic (exact) mass is 435 g/mol. The first-order chi connectivity index (χ1) is 14.2. The highest BCUT2D eigenvalue weighted by molar-refractivity contribution is 7.89. The molecule has 7 nitrogen and oxygen atoms in total. The molecule has 2 unspecified atom stereocenters. The minimum absolute atomic E-state index is 0.0215. The van der Waals surface area contributed by atoms with Crippen LogP contribution < -0.4 is 0 Å². The molecule has 2 atom stereocenters. The SMILES string of the molecule is CC1CN(S(=O)(=O)c2cccc(C(=O)OCC(=O)c3ccccc3F)c2)CC(C)O1. The lowest BCUT2D eigenvalue weighted by Crippen LogP contribution is -2.48. The van der Waals surface area contributed by atoms with Gasteiger partial charge in [-0.2, -0.15) is 4.31 Å². The van der Waals surface area contributed by atoms with Crippen LogP contribution in [-0.2, 0) is 19.5 Å². The van der Waals surface area contributed by atoms with Crippen LogP contribution in [-0.4, -0.2) is 56.4 Å². The number of carbonyl (C=O) groups is 2. The van der Waals surface area contributed by atoms with E-state index in [1.165, 1.54) is 46.8 Å². The number of sulfonamides is 1. The fourth-order valence-corrected chi connectivity index (χ4v) is 4.88. The van der Waals surface area contributed by atoms with Crippen molar-refractivity contribution in [2.75, 3.05) is 19.7 Å². The summed E-state index contributed by atoms with van der Waals surface area (Å²) >= 11 is 0. The Kier molecular flexibility index (Phi) is 6.64. The van der Waals surface area contributed by atoms with Crippen LogP contribution in [0.3, 0.4) is 0 Å². The smallest absolute Gasteiger partial charge is 0.338 e. The van der Waals surface area contributed by atoms with Crippen molar-refractivity contribution in [1.29, 1.82) is 0 Å². The molecule has 9 heteroatoms. The van der Waals surface area contributed by atoms with Crippen LogP contribution in [0.2, 0.25) is 0 Å². The zero-order valence-electron chi connectivity index (χ0n) is 16.6. The van der Waals surface area contributed by atoms with Gasteiger partial charge in [0.1, 0.15) is 5.82 Å². The summed E-state index contributed by atoms with van der Waals surface area (Å²) < 4.78 is 51.4. The molecule has 3 rings (SSSR count). The number of Topliss-reactive ketones (excluding diaryl/α,β-unsaturated/α-hetero) is 1. The number of benzene rings is 2. The number of hydrogen-bond acceptors (Lipinski definition) is 6. The zero-order valence-corrected chi connectivity index (χ0v) is 17.4. The Labute approximate surface area is 174 Å². The number of morpholine rings is 1. The van der Waals surface area contributed by atoms with E-state index in [0.29, 0.717) is 0 Å². The van der Waals surface area contributed by atoms with Gasteiger partial charge in [0, 0.05) is 13.1 Å². The summed E-state index contributed by atoms with van der Waals surface area (Å²) in [6.07, 6.45) is -0.498. The van der Waals surface area contributed by atoms with E-state index in [1.54, 1.807) is 13.8 Å². The summed E-state index contributed by atoms with van der Waals surface area (Å²) in [4.78, 5) is 24.3. The van der Waals surface area contributed by atoms with Gasteiger partial charge < -0.3 is 9.47 Å². The molecule has 30 heavy (non-hydrogen) atoms. The average Bonchev–Trinajstić information content (AvgIpc) is 2.71. The van der Waals surface area contributed by atoms with Crippen molar-refractivity contribution in [2.24, 2.45) is 0 Å². The number of ether oxygens (including phenoxy) is 2. The molecule has 0 amide bonds. The lowest BCUT2D eigenvalue weighted by atomic mass is 10.1.